The highest BCUT2D eigenvalue weighted by Gasteiger charge is 2.53. The lowest BCUT2D eigenvalue weighted by Crippen LogP contribution is -2.34. The molecule has 0 aromatic heterocycles. The van der Waals surface area contributed by atoms with Crippen LogP contribution in [0.5, 0.6) is 0 Å². The first-order valence-corrected chi connectivity index (χ1v) is 43.7. The molecular weight excluding hydrogens is 1330 g/mol. The molecule has 0 heterocycles. The largest absolute Gasteiger partial charge is 0.463 e. The number of aliphatic hydroxyl groups excluding tert-OH is 9. The van der Waals surface area contributed by atoms with E-state index in [9.17, 15) is 35.4 Å². The summed E-state index contributed by atoms with van der Waals surface area (Å²) in [4.78, 5) is 14.8. The molecule has 12 saturated carbocycles. The molecule has 0 saturated heterocycles. The summed E-state index contributed by atoms with van der Waals surface area (Å²) >= 11 is 0. The highest BCUT2D eigenvalue weighted by Crippen LogP contribution is 2.58. The first-order chi connectivity index (χ1) is 52.1. The van der Waals surface area contributed by atoms with Gasteiger partial charge in [0.2, 0.25) is 0 Å². The van der Waals surface area contributed by atoms with Crippen molar-refractivity contribution in [3.8, 4) is 0 Å². The molecule has 21 aliphatic rings. The average molecular weight is 1470 g/mol. The van der Waals surface area contributed by atoms with Crippen LogP contribution in [0.1, 0.15) is 192 Å². The maximum absolute atomic E-state index is 11.4. The van der Waals surface area contributed by atoms with Gasteiger partial charge in [-0.05, 0) is 295 Å². The summed E-state index contributed by atoms with van der Waals surface area (Å²) in [5.41, 5.74) is 1.07. The molecule has 0 amide bonds. The van der Waals surface area contributed by atoms with Crippen LogP contribution < -0.4 is 0 Å². The quantitative estimate of drug-likeness (QED) is 0.0546. The van der Waals surface area contributed by atoms with E-state index in [4.69, 9.17) is 26.6 Å². The van der Waals surface area contributed by atoms with Crippen LogP contribution in [-0.4, -0.2) is 115 Å². The molecule has 1 aromatic rings. The molecule has 18 bridgehead atoms. The monoisotopic (exact) mass is 1470 g/mol. The van der Waals surface area contributed by atoms with E-state index < -0.39 is 0 Å². The number of nitrogens with zero attached hydrogens (tertiary/aromatic N) is 1. The van der Waals surface area contributed by atoms with E-state index in [0.29, 0.717) is 84.2 Å². The Bertz CT molecular complexity index is 3340. The van der Waals surface area contributed by atoms with Crippen molar-refractivity contribution in [2.45, 2.75) is 223 Å². The Labute approximate surface area is 642 Å². The second-order valence-corrected chi connectivity index (χ2v) is 37.7. The third-order valence-corrected chi connectivity index (χ3v) is 31.6. The number of allylic oxidation sites excluding steroid dienone is 15. The Morgan fingerprint density at radius 2 is 0.963 bits per heavy atom. The molecule has 0 aliphatic heterocycles. The molecule has 9 N–H and O–H groups in total. The number of aliphatic hydroxyl groups is 9. The molecule has 22 rings (SSSR count). The van der Waals surface area contributed by atoms with Gasteiger partial charge in [-0.3, -0.25) is 4.79 Å². The molecule has 0 spiro atoms. The van der Waals surface area contributed by atoms with E-state index in [1.165, 1.54) is 116 Å². The fourth-order valence-electron chi connectivity index (χ4n) is 26.3. The Kier molecular flexibility index (Phi) is 27.0. The number of hydrogen-bond donors (Lipinski definition) is 9. The number of rotatable bonds is 12. The minimum atomic E-state index is -0.382. The molecule has 36 unspecified atom stereocenters. The van der Waals surface area contributed by atoms with Crippen molar-refractivity contribution in [2.24, 2.45) is 178 Å². The number of hydrogen-bond acceptors (Lipinski definition) is 11. The molecule has 12 fully saturated rings. The standard InChI is InChI=1S/C15H24O.C14H16O.C11H16O.C10H14O3.C10H14O.C10H16O.C9H14O.C8H9NO.C8H12O/c1-10(16)14-12-7-8-13(9-12)15(14)11-5-3-2-4-6-11;15-14(11-4-2-1-3-5-11)13-9-10-6-7-12(13)8-10;12-10-3-1-2-9-7-4-5-8(6-7)11(9)10;11-3-4-13-10(12)9-6-7-1-2-8(9)5-7;11-9-4-3-8-6-1-2-7(5-6)10(8)9;11-5-1-2-9-6-8-3-4-10(9)7-8;10-4-3-9-6-7-1-2-8(9)5-7;1-9-7-5-2-3-6(4-5)8(7)10;1-5-6-2-3-7(4-6)8(5)9/h7-8,10-16H,2-6,9H2,1H3;1-7,10,12-15H,8-9H2;4-5,7-12H,1-3,6H2;1-2,7-9,11H,3-6H2;1-2,6-11H,3-5H2;3-4,8-11H,1-2,5-7H2;1-2,7-10H,3-6H2;2-3,5-8,10H,4H2;2-3,5-9H,4H2,1H3. The SMILES string of the molecule is CC(O)C1C2C=CC(C2)C1C1CCCCC1.CC1C2C=CC(C2)C1O.O=C(OCCO)C1CC2C=CC1C2.OC(c1ccccc1)C1CC2C=CC1C2.OC1CCC2C3C=CC(C3)C12.OC1CCCC2C3C=CC(C3)C12.OCCC1CC2C=CC1C2.OCCCC1CC2C=CC1C2.[C-]#[N+]C1C2C=CC(C2)C1O. The van der Waals surface area contributed by atoms with Crippen molar-refractivity contribution in [3.05, 3.63) is 157 Å². The summed E-state index contributed by atoms with van der Waals surface area (Å²) < 4.78 is 4.90. The van der Waals surface area contributed by atoms with Gasteiger partial charge in [-0.15, -0.1) is 0 Å². The molecule has 586 valence electrons. The van der Waals surface area contributed by atoms with Crippen molar-refractivity contribution in [2.75, 3.05) is 26.4 Å². The van der Waals surface area contributed by atoms with Gasteiger partial charge < -0.3 is 55.5 Å². The van der Waals surface area contributed by atoms with Gasteiger partial charge in [-0.25, -0.2) is 6.57 Å². The number of ether oxygens (including phenoxy) is 1. The van der Waals surface area contributed by atoms with Crippen LogP contribution in [0.3, 0.4) is 0 Å². The molecule has 1 aromatic carbocycles. The van der Waals surface area contributed by atoms with Crippen molar-refractivity contribution >= 4 is 5.97 Å². The Balaban J connectivity index is 0.000000101. The third kappa shape index (κ3) is 18.0. The van der Waals surface area contributed by atoms with E-state index in [-0.39, 0.29) is 73.7 Å². The van der Waals surface area contributed by atoms with E-state index in [0.717, 1.165) is 152 Å². The van der Waals surface area contributed by atoms with Gasteiger partial charge in [0.25, 0.3) is 6.04 Å². The van der Waals surface area contributed by atoms with Crippen molar-refractivity contribution in [1.29, 1.82) is 0 Å². The number of carbonyl (C=O) groups is 1. The Morgan fingerprint density at radius 1 is 0.458 bits per heavy atom. The zero-order valence-corrected chi connectivity index (χ0v) is 64.6. The minimum absolute atomic E-state index is 0.0173. The molecule has 12 nitrogen and oxygen atoms in total. The van der Waals surface area contributed by atoms with Gasteiger partial charge in [0, 0.05) is 25.0 Å². The topological polar surface area (TPSA) is 213 Å². The average Bonchev–Trinajstić information content (AvgIpc) is 1.59. The van der Waals surface area contributed by atoms with Gasteiger partial charge in [-0.2, -0.15) is 0 Å². The van der Waals surface area contributed by atoms with Crippen LogP contribution in [0.4, 0.5) is 0 Å². The summed E-state index contributed by atoms with van der Waals surface area (Å²) in [6.45, 7) is 11.8. The first-order valence-electron chi connectivity index (χ1n) is 43.7. The lowest BCUT2D eigenvalue weighted by Gasteiger charge is -2.38. The second-order valence-electron chi connectivity index (χ2n) is 37.7. The van der Waals surface area contributed by atoms with Crippen molar-refractivity contribution < 1.29 is 55.5 Å². The van der Waals surface area contributed by atoms with Crippen LogP contribution in [0.15, 0.2) is 140 Å². The number of carbonyl (C=O) groups excluding carboxylic acids is 1. The number of fused-ring (bicyclic) bond motifs is 24. The third-order valence-electron chi connectivity index (χ3n) is 31.6. The minimum Gasteiger partial charge on any atom is -0.463 e. The van der Waals surface area contributed by atoms with Gasteiger partial charge in [-0.1, -0.05) is 185 Å². The van der Waals surface area contributed by atoms with E-state index in [1.54, 1.807) is 0 Å². The maximum atomic E-state index is 11.4. The fraction of sp³-hybridized carbons (Fsp3) is 0.726. The fourth-order valence-corrected chi connectivity index (χ4v) is 26.3. The lowest BCUT2D eigenvalue weighted by molar-refractivity contribution is -0.150. The zero-order valence-electron chi connectivity index (χ0n) is 64.6. The van der Waals surface area contributed by atoms with Gasteiger partial charge >= 0.3 is 5.97 Å². The second kappa shape index (κ2) is 36.5. The maximum Gasteiger partial charge on any atom is 0.309 e. The van der Waals surface area contributed by atoms with Crippen LogP contribution in [0, 0.1) is 184 Å². The number of benzene rings is 1. The van der Waals surface area contributed by atoms with E-state index in [1.807, 2.05) is 43.3 Å². The van der Waals surface area contributed by atoms with Gasteiger partial charge in [0.1, 0.15) is 12.7 Å². The van der Waals surface area contributed by atoms with Crippen molar-refractivity contribution in [1.82, 2.24) is 0 Å². The summed E-state index contributed by atoms with van der Waals surface area (Å²) in [5.74, 6) is 20.0. The Hall–Kier alpha value is -4.52. The molecule has 107 heavy (non-hydrogen) atoms. The van der Waals surface area contributed by atoms with Crippen LogP contribution in [0.25, 0.3) is 4.85 Å². The molecular formula is C95H135NO11. The van der Waals surface area contributed by atoms with Gasteiger partial charge in [0.15, 0.2) is 0 Å². The van der Waals surface area contributed by atoms with E-state index >= 15 is 0 Å². The van der Waals surface area contributed by atoms with Crippen LogP contribution in [0.2, 0.25) is 0 Å². The van der Waals surface area contributed by atoms with E-state index in [2.05, 4.69) is 115 Å². The lowest BCUT2D eigenvalue weighted by atomic mass is 9.68. The summed E-state index contributed by atoms with van der Waals surface area (Å²) in [6, 6.07) is 9.91. The highest BCUT2D eigenvalue weighted by atomic mass is 16.5. The Morgan fingerprint density at radius 3 is 1.44 bits per heavy atom. The van der Waals surface area contributed by atoms with Gasteiger partial charge in [0.05, 0.1) is 49.0 Å². The zero-order chi connectivity index (χ0) is 74.4. The van der Waals surface area contributed by atoms with Crippen LogP contribution in [-0.2, 0) is 9.53 Å². The molecule has 36 atom stereocenters. The first kappa shape index (κ1) is 79.1. The summed E-state index contributed by atoms with van der Waals surface area (Å²) in [5, 5.41) is 84.7. The van der Waals surface area contributed by atoms with Crippen LogP contribution >= 0.6 is 0 Å². The predicted molar refractivity (Wildman–Crippen MR) is 422 cm³/mol. The summed E-state index contributed by atoms with van der Waals surface area (Å²) in [7, 11) is 0. The van der Waals surface area contributed by atoms with Crippen molar-refractivity contribution in [3.63, 3.8) is 0 Å². The predicted octanol–water partition coefficient (Wildman–Crippen LogP) is 16.2. The summed E-state index contributed by atoms with van der Waals surface area (Å²) in [6.07, 6.45) is 73.0. The highest BCUT2D eigenvalue weighted by molar-refractivity contribution is 5.74. The normalized spacial score (nSPS) is 45.6. The molecule has 0 radical (unpaired) electrons. The smallest absolute Gasteiger partial charge is 0.309 e. The number of esters is 1. The molecule has 12 heteroatoms. The molecule has 21 aliphatic carbocycles.